The molecule has 60 valence electrons. The third-order valence-electron chi connectivity index (χ3n) is 3.03. The highest BCUT2D eigenvalue weighted by atomic mass is 14.5. The number of hydrogen-bond acceptors (Lipinski definition) is 1. The zero-order chi connectivity index (χ0) is 7.84. The lowest BCUT2D eigenvalue weighted by atomic mass is 10.00. The molecule has 3 unspecified atom stereocenters. The van der Waals surface area contributed by atoms with E-state index in [1.807, 2.05) is 6.08 Å². The Bertz CT molecular complexity index is 205. The maximum atomic E-state index is 7.56. The fourth-order valence-electron chi connectivity index (χ4n) is 2.20. The van der Waals surface area contributed by atoms with Gasteiger partial charge in [-0.1, -0.05) is 13.0 Å². The van der Waals surface area contributed by atoms with Gasteiger partial charge >= 0.3 is 0 Å². The number of nitrogens with one attached hydrogen (secondary N) is 1. The van der Waals surface area contributed by atoms with Gasteiger partial charge in [-0.15, -0.1) is 0 Å². The standard InChI is InChI=1S/C10H15N/c1-2-7-3-4-9(11)5-8-6-10(7)8/h3-4,7-8,10-11H,2,5-6H2,1H3. The molecule has 3 atom stereocenters. The first kappa shape index (κ1) is 7.08. The van der Waals surface area contributed by atoms with Gasteiger partial charge < -0.3 is 5.41 Å². The Hall–Kier alpha value is -0.590. The molecule has 1 N–H and O–H groups in total. The fourth-order valence-corrected chi connectivity index (χ4v) is 2.20. The Morgan fingerprint density at radius 2 is 2.45 bits per heavy atom. The molecule has 0 aromatic rings. The van der Waals surface area contributed by atoms with Crippen molar-refractivity contribution in [2.24, 2.45) is 17.8 Å². The second-order valence-electron chi connectivity index (χ2n) is 3.82. The molecule has 0 bridgehead atoms. The van der Waals surface area contributed by atoms with Gasteiger partial charge in [-0.25, -0.2) is 0 Å². The van der Waals surface area contributed by atoms with E-state index in [0.717, 1.165) is 29.9 Å². The first-order chi connectivity index (χ1) is 5.31. The normalized spacial score (nSPS) is 41.5. The molecule has 0 radical (unpaired) electrons. The number of allylic oxidation sites excluding steroid dienone is 2. The smallest absolute Gasteiger partial charge is 0.0313 e. The molecule has 1 fully saturated rings. The van der Waals surface area contributed by atoms with E-state index < -0.39 is 0 Å². The largest absolute Gasteiger partial charge is 0.305 e. The highest BCUT2D eigenvalue weighted by molar-refractivity contribution is 5.93. The van der Waals surface area contributed by atoms with Gasteiger partial charge in [0.15, 0.2) is 0 Å². The second kappa shape index (κ2) is 2.47. The van der Waals surface area contributed by atoms with Crippen LogP contribution in [0.15, 0.2) is 12.2 Å². The summed E-state index contributed by atoms with van der Waals surface area (Å²) >= 11 is 0. The molecule has 0 spiro atoms. The van der Waals surface area contributed by atoms with Gasteiger partial charge in [0.25, 0.3) is 0 Å². The zero-order valence-electron chi connectivity index (χ0n) is 7.01. The minimum atomic E-state index is 0.780. The average molecular weight is 149 g/mol. The average Bonchev–Trinajstić information content (AvgIpc) is 2.68. The molecule has 11 heavy (non-hydrogen) atoms. The van der Waals surface area contributed by atoms with Crippen LogP contribution in [0.25, 0.3) is 0 Å². The minimum Gasteiger partial charge on any atom is -0.305 e. The summed E-state index contributed by atoms with van der Waals surface area (Å²) in [6.07, 6.45) is 7.94. The first-order valence-corrected chi connectivity index (χ1v) is 4.57. The molecule has 0 aromatic heterocycles. The highest BCUT2D eigenvalue weighted by Gasteiger charge is 2.42. The number of rotatable bonds is 1. The maximum Gasteiger partial charge on any atom is 0.0313 e. The number of hydrogen-bond donors (Lipinski definition) is 1. The summed E-state index contributed by atoms with van der Waals surface area (Å²) in [7, 11) is 0. The van der Waals surface area contributed by atoms with Crippen LogP contribution < -0.4 is 0 Å². The van der Waals surface area contributed by atoms with Crippen LogP contribution in [0, 0.1) is 23.2 Å². The Morgan fingerprint density at radius 1 is 1.64 bits per heavy atom. The van der Waals surface area contributed by atoms with Gasteiger partial charge in [-0.05, 0) is 43.1 Å². The van der Waals surface area contributed by atoms with Crippen LogP contribution in [0.1, 0.15) is 26.2 Å². The molecule has 2 aliphatic rings. The zero-order valence-corrected chi connectivity index (χ0v) is 7.01. The Balaban J connectivity index is 2.12. The molecule has 2 aliphatic carbocycles. The summed E-state index contributed by atoms with van der Waals surface area (Å²) in [5.74, 6) is 2.57. The van der Waals surface area contributed by atoms with Crippen LogP contribution in [0.2, 0.25) is 0 Å². The van der Waals surface area contributed by atoms with Crippen LogP contribution in [0.4, 0.5) is 0 Å². The molecule has 1 nitrogen and oxygen atoms in total. The van der Waals surface area contributed by atoms with Gasteiger partial charge in [-0.2, -0.15) is 0 Å². The van der Waals surface area contributed by atoms with Crippen LogP contribution >= 0.6 is 0 Å². The third-order valence-corrected chi connectivity index (χ3v) is 3.03. The summed E-state index contributed by atoms with van der Waals surface area (Å²) in [5.41, 5.74) is 0.841. The predicted molar refractivity (Wildman–Crippen MR) is 46.9 cm³/mol. The summed E-state index contributed by atoms with van der Waals surface area (Å²) in [6.45, 7) is 2.25. The predicted octanol–water partition coefficient (Wildman–Crippen LogP) is 2.63. The van der Waals surface area contributed by atoms with Gasteiger partial charge in [0.1, 0.15) is 0 Å². The Kier molecular flexibility index (Phi) is 1.59. The minimum absolute atomic E-state index is 0.780. The van der Waals surface area contributed by atoms with Crippen LogP contribution in [0.5, 0.6) is 0 Å². The lowest BCUT2D eigenvalue weighted by Crippen LogP contribution is -1.96. The SMILES string of the molecule is CCC1C=CC(=N)CC2CC12. The van der Waals surface area contributed by atoms with Crippen molar-refractivity contribution >= 4 is 5.71 Å². The molecule has 0 heterocycles. The number of fused-ring (bicyclic) bond motifs is 1. The van der Waals surface area contributed by atoms with E-state index in [1.54, 1.807) is 0 Å². The second-order valence-corrected chi connectivity index (χ2v) is 3.82. The third kappa shape index (κ3) is 1.24. The molecule has 0 amide bonds. The van der Waals surface area contributed by atoms with Crippen molar-refractivity contribution in [3.8, 4) is 0 Å². The lowest BCUT2D eigenvalue weighted by molar-refractivity contribution is 0.519. The first-order valence-electron chi connectivity index (χ1n) is 4.57. The van der Waals surface area contributed by atoms with Crippen molar-refractivity contribution in [3.63, 3.8) is 0 Å². The van der Waals surface area contributed by atoms with E-state index in [2.05, 4.69) is 13.0 Å². The Morgan fingerprint density at radius 3 is 3.18 bits per heavy atom. The van der Waals surface area contributed by atoms with Gasteiger partial charge in [0.05, 0.1) is 0 Å². The molecular weight excluding hydrogens is 134 g/mol. The van der Waals surface area contributed by atoms with Crippen molar-refractivity contribution in [1.29, 1.82) is 5.41 Å². The van der Waals surface area contributed by atoms with Crippen molar-refractivity contribution in [2.75, 3.05) is 0 Å². The molecule has 1 saturated carbocycles. The summed E-state index contributed by atoms with van der Waals surface area (Å²) in [4.78, 5) is 0. The van der Waals surface area contributed by atoms with E-state index in [4.69, 9.17) is 5.41 Å². The molecule has 1 heteroatoms. The molecule has 2 rings (SSSR count). The quantitative estimate of drug-likeness (QED) is 0.592. The summed E-state index contributed by atoms with van der Waals surface area (Å²) in [5, 5.41) is 7.56. The van der Waals surface area contributed by atoms with Crippen molar-refractivity contribution in [1.82, 2.24) is 0 Å². The van der Waals surface area contributed by atoms with E-state index in [1.165, 1.54) is 12.8 Å². The van der Waals surface area contributed by atoms with Gasteiger partial charge in [0.2, 0.25) is 0 Å². The van der Waals surface area contributed by atoms with E-state index >= 15 is 0 Å². The maximum absolute atomic E-state index is 7.56. The van der Waals surface area contributed by atoms with E-state index in [0.29, 0.717) is 0 Å². The summed E-state index contributed by atoms with van der Waals surface area (Å²) in [6, 6.07) is 0. The molecule has 0 saturated heterocycles. The lowest BCUT2D eigenvalue weighted by Gasteiger charge is -2.05. The highest BCUT2D eigenvalue weighted by Crippen LogP contribution is 2.49. The molecule has 0 aliphatic heterocycles. The van der Waals surface area contributed by atoms with Crippen LogP contribution in [0.3, 0.4) is 0 Å². The monoisotopic (exact) mass is 149 g/mol. The van der Waals surface area contributed by atoms with Gasteiger partial charge in [-0.3, -0.25) is 0 Å². The van der Waals surface area contributed by atoms with Crippen LogP contribution in [-0.2, 0) is 0 Å². The molecular formula is C10H15N. The topological polar surface area (TPSA) is 23.9 Å². The summed E-state index contributed by atoms with van der Waals surface area (Å²) < 4.78 is 0. The Labute approximate surface area is 68.0 Å². The molecule has 0 aromatic carbocycles. The van der Waals surface area contributed by atoms with Gasteiger partial charge in [0, 0.05) is 5.71 Å². The van der Waals surface area contributed by atoms with Crippen molar-refractivity contribution < 1.29 is 0 Å². The van der Waals surface area contributed by atoms with Crippen molar-refractivity contribution in [3.05, 3.63) is 12.2 Å². The fraction of sp³-hybridized carbons (Fsp3) is 0.700. The van der Waals surface area contributed by atoms with E-state index in [-0.39, 0.29) is 0 Å². The van der Waals surface area contributed by atoms with Crippen molar-refractivity contribution in [2.45, 2.75) is 26.2 Å². The van der Waals surface area contributed by atoms with Crippen LogP contribution in [-0.4, -0.2) is 5.71 Å². The van der Waals surface area contributed by atoms with E-state index in [9.17, 15) is 0 Å².